The summed E-state index contributed by atoms with van der Waals surface area (Å²) in [5.74, 6) is -1.80. The summed E-state index contributed by atoms with van der Waals surface area (Å²) in [5.41, 5.74) is -0.0985. The van der Waals surface area contributed by atoms with E-state index in [2.05, 4.69) is 0 Å². The lowest BCUT2D eigenvalue weighted by Crippen LogP contribution is -2.38. The summed E-state index contributed by atoms with van der Waals surface area (Å²) in [4.78, 5) is 11.0. The van der Waals surface area contributed by atoms with Crippen molar-refractivity contribution >= 4 is 16.0 Å². The number of benzene rings is 1. The molecular weight excluding hydrogens is 294 g/mol. The minimum Gasteiger partial charge on any atom is -0.507 e. The number of hydrogen-bond acceptors (Lipinski definition) is 4. The third-order valence-corrected chi connectivity index (χ3v) is 5.74. The van der Waals surface area contributed by atoms with E-state index < -0.39 is 27.3 Å². The Kier molecular flexibility index (Phi) is 5.36. The number of aromatic hydroxyl groups is 1. The molecule has 1 rings (SSSR count). The van der Waals surface area contributed by atoms with E-state index in [0.29, 0.717) is 18.5 Å². The van der Waals surface area contributed by atoms with Gasteiger partial charge in [0, 0.05) is 12.6 Å². The number of aromatic carboxylic acids is 1. The minimum absolute atomic E-state index is 0.0835. The molecule has 21 heavy (non-hydrogen) atoms. The second-order valence-corrected chi connectivity index (χ2v) is 6.76. The molecule has 1 aromatic carbocycles. The van der Waals surface area contributed by atoms with Gasteiger partial charge >= 0.3 is 5.97 Å². The van der Waals surface area contributed by atoms with E-state index in [1.165, 1.54) is 17.3 Å². The quantitative estimate of drug-likeness (QED) is 0.839. The molecule has 0 bridgehead atoms. The Morgan fingerprint density at radius 1 is 1.33 bits per heavy atom. The highest BCUT2D eigenvalue weighted by Crippen LogP contribution is 2.28. The fourth-order valence-electron chi connectivity index (χ4n) is 2.17. The Morgan fingerprint density at radius 3 is 2.33 bits per heavy atom. The van der Waals surface area contributed by atoms with Gasteiger partial charge in [0.25, 0.3) is 0 Å². The molecule has 0 aliphatic heterocycles. The molecule has 0 saturated heterocycles. The zero-order chi connectivity index (χ0) is 16.4. The number of hydrogen-bond donors (Lipinski definition) is 2. The highest BCUT2D eigenvalue weighted by molar-refractivity contribution is 7.89. The first kappa shape index (κ1) is 17.5. The fraction of sp³-hybridized carbons (Fsp3) is 0.500. The summed E-state index contributed by atoms with van der Waals surface area (Å²) in [7, 11) is -3.81. The van der Waals surface area contributed by atoms with Crippen molar-refractivity contribution in [1.82, 2.24) is 4.31 Å². The van der Waals surface area contributed by atoms with E-state index in [0.717, 1.165) is 6.07 Å². The highest BCUT2D eigenvalue weighted by Gasteiger charge is 2.29. The molecule has 118 valence electrons. The van der Waals surface area contributed by atoms with Gasteiger partial charge in [-0.15, -0.1) is 0 Å². The van der Waals surface area contributed by atoms with Crippen LogP contribution in [0.5, 0.6) is 5.75 Å². The van der Waals surface area contributed by atoms with E-state index >= 15 is 0 Å². The van der Waals surface area contributed by atoms with Gasteiger partial charge in [-0.25, -0.2) is 13.2 Å². The van der Waals surface area contributed by atoms with Crippen LogP contribution in [0, 0.1) is 6.92 Å². The molecule has 0 fully saturated rings. The highest BCUT2D eigenvalue weighted by atomic mass is 32.2. The average Bonchev–Trinajstić information content (AvgIpc) is 2.37. The minimum atomic E-state index is -3.81. The number of sulfonamides is 1. The van der Waals surface area contributed by atoms with Crippen molar-refractivity contribution in [2.45, 2.75) is 45.1 Å². The largest absolute Gasteiger partial charge is 0.507 e. The van der Waals surface area contributed by atoms with Crippen molar-refractivity contribution in [1.29, 1.82) is 0 Å². The van der Waals surface area contributed by atoms with Gasteiger partial charge in [-0.1, -0.05) is 13.8 Å². The SMILES string of the molecule is CCC(C)N(CC)S(=O)(=O)c1cc(C(=O)O)c(O)cc1C. The molecule has 0 radical (unpaired) electrons. The normalized spacial score (nSPS) is 13.4. The molecule has 1 unspecified atom stereocenters. The summed E-state index contributed by atoms with van der Waals surface area (Å²) in [5, 5.41) is 18.6. The summed E-state index contributed by atoms with van der Waals surface area (Å²) in [6.07, 6.45) is 0.649. The maximum atomic E-state index is 12.7. The van der Waals surface area contributed by atoms with Crippen LogP contribution in [0.4, 0.5) is 0 Å². The zero-order valence-electron chi connectivity index (χ0n) is 12.6. The molecule has 2 N–H and O–H groups in total. The van der Waals surface area contributed by atoms with Crippen molar-refractivity contribution in [2.24, 2.45) is 0 Å². The van der Waals surface area contributed by atoms with Gasteiger partial charge in [0.15, 0.2) is 0 Å². The van der Waals surface area contributed by atoms with Gasteiger partial charge in [-0.2, -0.15) is 4.31 Å². The Morgan fingerprint density at radius 2 is 1.90 bits per heavy atom. The molecule has 6 nitrogen and oxygen atoms in total. The lowest BCUT2D eigenvalue weighted by Gasteiger charge is -2.27. The summed E-state index contributed by atoms with van der Waals surface area (Å²) < 4.78 is 26.8. The van der Waals surface area contributed by atoms with Crippen LogP contribution in [0.3, 0.4) is 0 Å². The molecule has 0 aliphatic carbocycles. The van der Waals surface area contributed by atoms with Crippen LogP contribution in [0.15, 0.2) is 17.0 Å². The fourth-order valence-corrected chi connectivity index (χ4v) is 4.12. The number of carboxylic acids is 1. The van der Waals surface area contributed by atoms with E-state index in [-0.39, 0.29) is 10.9 Å². The monoisotopic (exact) mass is 315 g/mol. The topological polar surface area (TPSA) is 94.9 Å². The van der Waals surface area contributed by atoms with Gasteiger partial charge in [0.1, 0.15) is 11.3 Å². The number of nitrogens with zero attached hydrogens (tertiary/aromatic N) is 1. The third-order valence-electron chi connectivity index (χ3n) is 3.50. The van der Waals surface area contributed by atoms with Crippen molar-refractivity contribution in [2.75, 3.05) is 6.54 Å². The van der Waals surface area contributed by atoms with Gasteiger partial charge in [-0.05, 0) is 38.0 Å². The molecule has 0 saturated carbocycles. The lowest BCUT2D eigenvalue weighted by molar-refractivity contribution is 0.0693. The molecule has 0 spiro atoms. The van der Waals surface area contributed by atoms with Crippen LogP contribution in [0.25, 0.3) is 0 Å². The van der Waals surface area contributed by atoms with Crippen molar-refractivity contribution in [3.63, 3.8) is 0 Å². The van der Waals surface area contributed by atoms with Crippen LogP contribution in [-0.4, -0.2) is 41.5 Å². The molecule has 1 atom stereocenters. The van der Waals surface area contributed by atoms with Crippen LogP contribution in [0.1, 0.15) is 43.1 Å². The molecule has 0 amide bonds. The van der Waals surface area contributed by atoms with Crippen molar-refractivity contribution in [3.8, 4) is 5.75 Å². The lowest BCUT2D eigenvalue weighted by atomic mass is 10.1. The Bertz CT molecular complexity index is 639. The van der Waals surface area contributed by atoms with E-state index in [1.54, 1.807) is 13.8 Å². The number of phenols is 1. The Balaban J connectivity index is 3.50. The first-order chi connectivity index (χ1) is 9.66. The van der Waals surface area contributed by atoms with Gasteiger partial charge in [0.2, 0.25) is 10.0 Å². The second-order valence-electron chi connectivity index (χ2n) is 4.91. The van der Waals surface area contributed by atoms with Gasteiger partial charge in [0.05, 0.1) is 4.90 Å². The summed E-state index contributed by atoms with van der Waals surface area (Å²) in [6.45, 7) is 7.24. The first-order valence-electron chi connectivity index (χ1n) is 6.75. The number of aryl methyl sites for hydroxylation is 1. The number of carboxylic acid groups (broad SMARTS) is 1. The molecule has 0 aromatic heterocycles. The van der Waals surface area contributed by atoms with Gasteiger partial charge in [-0.3, -0.25) is 0 Å². The maximum Gasteiger partial charge on any atom is 0.339 e. The average molecular weight is 315 g/mol. The molecule has 0 heterocycles. The standard InChI is InChI=1S/C14H21NO5S/c1-5-10(4)15(6-2)21(19,20)13-8-11(14(17)18)12(16)7-9(13)3/h7-8,10,16H,5-6H2,1-4H3,(H,17,18). The maximum absolute atomic E-state index is 12.7. The summed E-state index contributed by atoms with van der Waals surface area (Å²) >= 11 is 0. The molecular formula is C14H21NO5S. The summed E-state index contributed by atoms with van der Waals surface area (Å²) in [6, 6.07) is 2.00. The van der Waals surface area contributed by atoms with Crippen LogP contribution in [0.2, 0.25) is 0 Å². The molecule has 0 aliphatic rings. The van der Waals surface area contributed by atoms with E-state index in [9.17, 15) is 18.3 Å². The zero-order valence-corrected chi connectivity index (χ0v) is 13.4. The van der Waals surface area contributed by atoms with Crippen LogP contribution >= 0.6 is 0 Å². The number of rotatable bonds is 6. The molecule has 7 heteroatoms. The smallest absolute Gasteiger partial charge is 0.339 e. The number of carbonyl (C=O) groups is 1. The van der Waals surface area contributed by atoms with Crippen LogP contribution < -0.4 is 0 Å². The van der Waals surface area contributed by atoms with Crippen molar-refractivity contribution < 1.29 is 23.4 Å². The second kappa shape index (κ2) is 6.44. The van der Waals surface area contributed by atoms with Crippen molar-refractivity contribution in [3.05, 3.63) is 23.3 Å². The van der Waals surface area contributed by atoms with E-state index in [1.807, 2.05) is 6.92 Å². The third kappa shape index (κ3) is 3.36. The van der Waals surface area contributed by atoms with Gasteiger partial charge < -0.3 is 10.2 Å². The first-order valence-corrected chi connectivity index (χ1v) is 8.19. The van der Waals surface area contributed by atoms with E-state index in [4.69, 9.17) is 5.11 Å². The molecule has 1 aromatic rings. The Labute approximate surface area is 125 Å². The predicted octanol–water partition coefficient (Wildman–Crippen LogP) is 2.21. The Hall–Kier alpha value is -1.60. The predicted molar refractivity (Wildman–Crippen MR) is 79.1 cm³/mol. The van der Waals surface area contributed by atoms with Crippen LogP contribution in [-0.2, 0) is 10.0 Å².